The fourth-order valence-electron chi connectivity index (χ4n) is 1.85. The molecule has 0 saturated heterocycles. The van der Waals surface area contributed by atoms with Gasteiger partial charge in [0, 0.05) is 12.6 Å². The fraction of sp³-hybridized carbons (Fsp3) is 0.200. The van der Waals surface area contributed by atoms with Crippen molar-refractivity contribution in [3.8, 4) is 17.2 Å². The van der Waals surface area contributed by atoms with Crippen LogP contribution in [0.25, 0.3) is 0 Å². The van der Waals surface area contributed by atoms with Gasteiger partial charge in [0.2, 0.25) is 0 Å². The molecule has 0 fully saturated rings. The molecule has 0 heterocycles. The Morgan fingerprint density at radius 3 is 2.52 bits per heavy atom. The third-order valence-electron chi connectivity index (χ3n) is 3.07. The van der Waals surface area contributed by atoms with Crippen LogP contribution in [0.5, 0.6) is 17.2 Å². The van der Waals surface area contributed by atoms with Crippen LogP contribution in [-0.2, 0) is 6.54 Å². The van der Waals surface area contributed by atoms with Gasteiger partial charge in [0.15, 0.2) is 11.5 Å². The number of rotatable bonds is 5. The van der Waals surface area contributed by atoms with Crippen LogP contribution in [0.2, 0.25) is 0 Å². The summed E-state index contributed by atoms with van der Waals surface area (Å²) in [5.41, 5.74) is 7.45. The average Bonchev–Trinajstić information content (AvgIpc) is 2.49. The number of hydrogen-bond donors (Lipinski definition) is 1. The van der Waals surface area contributed by atoms with Crippen molar-refractivity contribution in [1.29, 1.82) is 0 Å². The summed E-state index contributed by atoms with van der Waals surface area (Å²) in [7, 11) is 1.44. The largest absolute Gasteiger partial charge is 0.493 e. The van der Waals surface area contributed by atoms with Gasteiger partial charge in [-0.3, -0.25) is 10.1 Å². The molecule has 6 nitrogen and oxygen atoms in total. The molecule has 2 aromatic carbocycles. The molecule has 6 heteroatoms. The number of nitrogens with two attached hydrogens (primary N) is 1. The molecule has 0 spiro atoms. The van der Waals surface area contributed by atoms with E-state index in [1.807, 2.05) is 25.1 Å². The molecule has 2 aromatic rings. The van der Waals surface area contributed by atoms with Crippen LogP contribution in [0.3, 0.4) is 0 Å². The number of aryl methyl sites for hydroxylation is 1. The molecular formula is C15H16N2O4. The monoisotopic (exact) mass is 288 g/mol. The van der Waals surface area contributed by atoms with Crippen molar-refractivity contribution in [1.82, 2.24) is 0 Å². The van der Waals surface area contributed by atoms with E-state index < -0.39 is 4.92 Å². The van der Waals surface area contributed by atoms with Crippen molar-refractivity contribution in [2.24, 2.45) is 5.73 Å². The first-order valence-corrected chi connectivity index (χ1v) is 6.35. The maximum Gasteiger partial charge on any atom is 0.273 e. The molecule has 110 valence electrons. The number of non-ortho nitro benzene ring substituents is 1. The summed E-state index contributed by atoms with van der Waals surface area (Å²) in [6.45, 7) is 2.32. The van der Waals surface area contributed by atoms with Crippen LogP contribution < -0.4 is 15.2 Å². The highest BCUT2D eigenvalue weighted by atomic mass is 16.6. The highest BCUT2D eigenvalue weighted by molar-refractivity contribution is 5.51. The van der Waals surface area contributed by atoms with E-state index in [-0.39, 0.29) is 5.69 Å². The predicted molar refractivity (Wildman–Crippen MR) is 78.8 cm³/mol. The van der Waals surface area contributed by atoms with Crippen molar-refractivity contribution < 1.29 is 14.4 Å². The fourth-order valence-corrected chi connectivity index (χ4v) is 1.85. The van der Waals surface area contributed by atoms with Gasteiger partial charge in [-0.05, 0) is 30.2 Å². The number of nitro benzene ring substituents is 1. The molecule has 2 rings (SSSR count). The van der Waals surface area contributed by atoms with Crippen molar-refractivity contribution in [3.63, 3.8) is 0 Å². The third-order valence-corrected chi connectivity index (χ3v) is 3.07. The van der Waals surface area contributed by atoms with Crippen LogP contribution in [-0.4, -0.2) is 12.0 Å². The Morgan fingerprint density at radius 1 is 1.14 bits per heavy atom. The minimum atomic E-state index is -0.480. The summed E-state index contributed by atoms with van der Waals surface area (Å²) in [4.78, 5) is 10.3. The summed E-state index contributed by atoms with van der Waals surface area (Å²) >= 11 is 0. The zero-order valence-corrected chi connectivity index (χ0v) is 11.8. The second-order valence-corrected chi connectivity index (χ2v) is 4.50. The van der Waals surface area contributed by atoms with Gasteiger partial charge in [0.25, 0.3) is 5.69 Å². The summed E-state index contributed by atoms with van der Waals surface area (Å²) in [6.07, 6.45) is 0. The van der Waals surface area contributed by atoms with Gasteiger partial charge in [-0.2, -0.15) is 0 Å². The van der Waals surface area contributed by atoms with Gasteiger partial charge in [-0.25, -0.2) is 0 Å². The zero-order valence-electron chi connectivity index (χ0n) is 11.8. The first kappa shape index (κ1) is 14.8. The summed E-state index contributed by atoms with van der Waals surface area (Å²) in [5.74, 6) is 1.37. The standard InChI is InChI=1S/C15H16N2O4/c1-10-3-4-11(9-16)7-14(10)21-13-6-5-12(17(18)19)8-15(13)20-2/h3-8H,9,16H2,1-2H3. The third kappa shape index (κ3) is 3.29. The molecular weight excluding hydrogens is 272 g/mol. The van der Waals surface area contributed by atoms with E-state index in [2.05, 4.69) is 0 Å². The Balaban J connectivity index is 2.37. The molecule has 0 saturated carbocycles. The van der Waals surface area contributed by atoms with Gasteiger partial charge in [0.1, 0.15) is 5.75 Å². The highest BCUT2D eigenvalue weighted by Gasteiger charge is 2.14. The molecule has 0 aromatic heterocycles. The lowest BCUT2D eigenvalue weighted by molar-refractivity contribution is -0.384. The molecule has 0 aliphatic heterocycles. The topological polar surface area (TPSA) is 87.6 Å². The molecule has 2 N–H and O–H groups in total. The number of benzene rings is 2. The highest BCUT2D eigenvalue weighted by Crippen LogP contribution is 2.35. The van der Waals surface area contributed by atoms with Gasteiger partial charge < -0.3 is 15.2 Å². The van der Waals surface area contributed by atoms with Crippen LogP contribution in [0, 0.1) is 17.0 Å². The van der Waals surface area contributed by atoms with E-state index in [9.17, 15) is 10.1 Å². The first-order chi connectivity index (χ1) is 10.0. The summed E-state index contributed by atoms with van der Waals surface area (Å²) in [5, 5.41) is 10.8. The quantitative estimate of drug-likeness (QED) is 0.674. The molecule has 0 aliphatic carbocycles. The van der Waals surface area contributed by atoms with E-state index in [1.54, 1.807) is 0 Å². The van der Waals surface area contributed by atoms with Crippen molar-refractivity contribution >= 4 is 5.69 Å². The summed E-state index contributed by atoms with van der Waals surface area (Å²) in [6, 6.07) is 9.91. The number of hydrogen-bond acceptors (Lipinski definition) is 5. The van der Waals surface area contributed by atoms with Crippen molar-refractivity contribution in [2.45, 2.75) is 13.5 Å². The molecule has 0 bridgehead atoms. The minimum Gasteiger partial charge on any atom is -0.493 e. The van der Waals surface area contributed by atoms with Crippen LogP contribution in [0.15, 0.2) is 36.4 Å². The lowest BCUT2D eigenvalue weighted by Gasteiger charge is -2.13. The normalized spacial score (nSPS) is 10.2. The Bertz CT molecular complexity index is 671. The number of ether oxygens (including phenoxy) is 2. The summed E-state index contributed by atoms with van der Waals surface area (Å²) < 4.78 is 11.0. The Morgan fingerprint density at radius 2 is 1.90 bits per heavy atom. The smallest absolute Gasteiger partial charge is 0.273 e. The lowest BCUT2D eigenvalue weighted by Crippen LogP contribution is -1.98. The molecule has 21 heavy (non-hydrogen) atoms. The second kappa shape index (κ2) is 6.23. The van der Waals surface area contributed by atoms with E-state index >= 15 is 0 Å². The van der Waals surface area contributed by atoms with Gasteiger partial charge in [0.05, 0.1) is 18.1 Å². The average molecular weight is 288 g/mol. The van der Waals surface area contributed by atoms with Gasteiger partial charge >= 0.3 is 0 Å². The maximum atomic E-state index is 10.8. The molecule has 0 atom stereocenters. The van der Waals surface area contributed by atoms with Crippen molar-refractivity contribution in [2.75, 3.05) is 7.11 Å². The van der Waals surface area contributed by atoms with Crippen LogP contribution in [0.1, 0.15) is 11.1 Å². The number of nitrogens with zero attached hydrogens (tertiary/aromatic N) is 1. The molecule has 0 unspecified atom stereocenters. The minimum absolute atomic E-state index is 0.0494. The Hall–Kier alpha value is -2.60. The first-order valence-electron chi connectivity index (χ1n) is 6.35. The molecule has 0 amide bonds. The van der Waals surface area contributed by atoms with Crippen LogP contribution >= 0.6 is 0 Å². The SMILES string of the molecule is COc1cc([N+](=O)[O-])ccc1Oc1cc(CN)ccc1C. The van der Waals surface area contributed by atoms with Crippen LogP contribution in [0.4, 0.5) is 5.69 Å². The molecule has 0 aliphatic rings. The Labute approximate surface area is 122 Å². The lowest BCUT2D eigenvalue weighted by atomic mass is 10.1. The van der Waals surface area contributed by atoms with Gasteiger partial charge in [-0.1, -0.05) is 12.1 Å². The van der Waals surface area contributed by atoms with E-state index in [1.165, 1.54) is 25.3 Å². The second-order valence-electron chi connectivity index (χ2n) is 4.50. The molecule has 0 radical (unpaired) electrons. The predicted octanol–water partition coefficient (Wildman–Crippen LogP) is 3.16. The van der Waals surface area contributed by atoms with Crippen molar-refractivity contribution in [3.05, 3.63) is 57.6 Å². The Kier molecular flexibility index (Phi) is 4.39. The maximum absolute atomic E-state index is 10.8. The van der Waals surface area contributed by atoms with Gasteiger partial charge in [-0.15, -0.1) is 0 Å². The number of nitro groups is 1. The zero-order chi connectivity index (χ0) is 15.4. The van der Waals surface area contributed by atoms with E-state index in [0.717, 1.165) is 11.1 Å². The van der Waals surface area contributed by atoms with E-state index in [4.69, 9.17) is 15.2 Å². The van der Waals surface area contributed by atoms with E-state index in [0.29, 0.717) is 23.8 Å². The number of methoxy groups -OCH3 is 1.